The van der Waals surface area contributed by atoms with Crippen molar-refractivity contribution in [2.75, 3.05) is 0 Å². The molecule has 0 radical (unpaired) electrons. The van der Waals surface area contributed by atoms with E-state index in [-0.39, 0.29) is 11.9 Å². The van der Waals surface area contributed by atoms with Gasteiger partial charge < -0.3 is 0 Å². The predicted octanol–water partition coefficient (Wildman–Crippen LogP) is 3.65. The van der Waals surface area contributed by atoms with Crippen molar-refractivity contribution in [3.05, 3.63) is 69.5 Å². The molecule has 2 aromatic rings. The van der Waals surface area contributed by atoms with E-state index in [1.165, 1.54) is 12.1 Å². The lowest BCUT2D eigenvalue weighted by atomic mass is 9.94. The summed E-state index contributed by atoms with van der Waals surface area (Å²) in [5.41, 5.74) is 6.37. The van der Waals surface area contributed by atoms with Crippen molar-refractivity contribution < 1.29 is 4.39 Å². The van der Waals surface area contributed by atoms with Gasteiger partial charge in [0.15, 0.2) is 0 Å². The first-order valence-electron chi connectivity index (χ1n) is 6.00. The summed E-state index contributed by atoms with van der Waals surface area (Å²) >= 11 is 6.03. The van der Waals surface area contributed by atoms with Crippen LogP contribution in [0.1, 0.15) is 28.3 Å². The minimum atomic E-state index is -0.284. The molecule has 0 aliphatic heterocycles. The Labute approximate surface area is 117 Å². The van der Waals surface area contributed by atoms with Gasteiger partial charge in [-0.05, 0) is 60.4 Å². The van der Waals surface area contributed by atoms with Crippen LogP contribution in [0.25, 0.3) is 0 Å². The predicted molar refractivity (Wildman–Crippen MR) is 76.5 cm³/mol. The Kier molecular flexibility index (Phi) is 4.20. The Bertz CT molecular complexity index is 578. The number of hydrogen-bond acceptors (Lipinski definition) is 2. The molecule has 2 nitrogen and oxygen atoms in total. The third-order valence-electron chi connectivity index (χ3n) is 3.12. The molecule has 2 rings (SSSR count). The number of benzene rings is 2. The third kappa shape index (κ3) is 3.13. The lowest BCUT2D eigenvalue weighted by molar-refractivity contribution is 0.602. The maximum absolute atomic E-state index is 13.5. The van der Waals surface area contributed by atoms with Gasteiger partial charge in [0.05, 0.1) is 6.04 Å². The van der Waals surface area contributed by atoms with E-state index in [0.29, 0.717) is 5.02 Å². The molecule has 1 atom stereocenters. The number of nitrogens with one attached hydrogen (secondary N) is 1. The van der Waals surface area contributed by atoms with Gasteiger partial charge in [0.25, 0.3) is 0 Å². The zero-order chi connectivity index (χ0) is 14.0. The highest BCUT2D eigenvalue weighted by atomic mass is 35.5. The van der Waals surface area contributed by atoms with E-state index in [1.807, 2.05) is 38.1 Å². The Morgan fingerprint density at radius 1 is 1.16 bits per heavy atom. The summed E-state index contributed by atoms with van der Waals surface area (Å²) in [6.45, 7) is 3.83. The van der Waals surface area contributed by atoms with Crippen LogP contribution in [0, 0.1) is 19.7 Å². The number of hydrazine groups is 1. The van der Waals surface area contributed by atoms with E-state index in [4.69, 9.17) is 17.4 Å². The van der Waals surface area contributed by atoms with Crippen LogP contribution in [-0.4, -0.2) is 0 Å². The molecule has 3 N–H and O–H groups in total. The summed E-state index contributed by atoms with van der Waals surface area (Å²) in [5, 5.41) is 0.633. The minimum Gasteiger partial charge on any atom is -0.271 e. The fourth-order valence-electron chi connectivity index (χ4n) is 2.22. The van der Waals surface area contributed by atoms with Crippen LogP contribution in [0.5, 0.6) is 0 Å². The lowest BCUT2D eigenvalue weighted by Gasteiger charge is -2.20. The summed E-state index contributed by atoms with van der Waals surface area (Å²) < 4.78 is 13.5. The van der Waals surface area contributed by atoms with E-state index in [1.54, 1.807) is 0 Å². The first-order valence-corrected chi connectivity index (χ1v) is 6.38. The summed E-state index contributed by atoms with van der Waals surface area (Å²) in [6.07, 6.45) is 0. The second-order valence-corrected chi connectivity index (χ2v) is 5.10. The van der Waals surface area contributed by atoms with Gasteiger partial charge in [0.1, 0.15) is 5.82 Å². The highest BCUT2D eigenvalue weighted by Gasteiger charge is 2.16. The monoisotopic (exact) mass is 278 g/mol. The summed E-state index contributed by atoms with van der Waals surface area (Å²) in [7, 11) is 0. The molecule has 100 valence electrons. The van der Waals surface area contributed by atoms with Gasteiger partial charge in [0, 0.05) is 5.02 Å². The average Bonchev–Trinajstić information content (AvgIpc) is 2.33. The summed E-state index contributed by atoms with van der Waals surface area (Å²) in [5.74, 6) is 5.37. The highest BCUT2D eigenvalue weighted by molar-refractivity contribution is 6.30. The average molecular weight is 279 g/mol. The molecular formula is C15H16ClFN2. The second-order valence-electron chi connectivity index (χ2n) is 4.66. The van der Waals surface area contributed by atoms with E-state index in [9.17, 15) is 4.39 Å². The van der Waals surface area contributed by atoms with Crippen molar-refractivity contribution in [3.63, 3.8) is 0 Å². The van der Waals surface area contributed by atoms with E-state index in [0.717, 1.165) is 22.3 Å². The molecule has 2 aromatic carbocycles. The van der Waals surface area contributed by atoms with Crippen molar-refractivity contribution in [2.24, 2.45) is 5.84 Å². The molecule has 0 heterocycles. The van der Waals surface area contributed by atoms with E-state index < -0.39 is 0 Å². The van der Waals surface area contributed by atoms with Gasteiger partial charge in [-0.1, -0.05) is 23.7 Å². The van der Waals surface area contributed by atoms with Gasteiger partial charge in [0.2, 0.25) is 0 Å². The molecule has 19 heavy (non-hydrogen) atoms. The van der Waals surface area contributed by atoms with Crippen LogP contribution >= 0.6 is 11.6 Å². The zero-order valence-electron chi connectivity index (χ0n) is 10.9. The van der Waals surface area contributed by atoms with Crippen molar-refractivity contribution in [3.8, 4) is 0 Å². The minimum absolute atomic E-state index is 0.269. The van der Waals surface area contributed by atoms with Gasteiger partial charge in [-0.15, -0.1) is 0 Å². The SMILES string of the molecule is Cc1cc(F)cc(C(NN)c2cc(Cl)ccc2C)c1. The smallest absolute Gasteiger partial charge is 0.123 e. The van der Waals surface area contributed by atoms with Crippen molar-refractivity contribution in [1.29, 1.82) is 0 Å². The molecule has 0 amide bonds. The molecule has 0 aromatic heterocycles. The Morgan fingerprint density at radius 3 is 2.53 bits per heavy atom. The second kappa shape index (κ2) is 5.70. The first kappa shape index (κ1) is 14.0. The Hall–Kier alpha value is -1.42. The largest absolute Gasteiger partial charge is 0.271 e. The van der Waals surface area contributed by atoms with Crippen LogP contribution < -0.4 is 11.3 Å². The van der Waals surface area contributed by atoms with Gasteiger partial charge in [-0.2, -0.15) is 0 Å². The molecule has 4 heteroatoms. The highest BCUT2D eigenvalue weighted by Crippen LogP contribution is 2.27. The molecule has 0 fully saturated rings. The van der Waals surface area contributed by atoms with Crippen molar-refractivity contribution >= 4 is 11.6 Å². The first-order chi connectivity index (χ1) is 9.01. The molecule has 0 aliphatic rings. The molecule has 0 aliphatic carbocycles. The van der Waals surface area contributed by atoms with Gasteiger partial charge >= 0.3 is 0 Å². The Morgan fingerprint density at radius 2 is 1.89 bits per heavy atom. The third-order valence-corrected chi connectivity index (χ3v) is 3.35. The van der Waals surface area contributed by atoms with E-state index in [2.05, 4.69) is 5.43 Å². The molecule has 1 unspecified atom stereocenters. The zero-order valence-corrected chi connectivity index (χ0v) is 11.6. The summed E-state index contributed by atoms with van der Waals surface area (Å²) in [4.78, 5) is 0. The fraction of sp³-hybridized carbons (Fsp3) is 0.200. The molecule has 0 bridgehead atoms. The maximum atomic E-state index is 13.5. The number of halogens is 2. The lowest BCUT2D eigenvalue weighted by Crippen LogP contribution is -2.29. The number of nitrogens with two attached hydrogens (primary N) is 1. The van der Waals surface area contributed by atoms with Crippen LogP contribution in [0.4, 0.5) is 4.39 Å². The van der Waals surface area contributed by atoms with Crippen LogP contribution in [0.15, 0.2) is 36.4 Å². The Balaban J connectivity index is 2.52. The normalized spacial score (nSPS) is 12.5. The summed E-state index contributed by atoms with van der Waals surface area (Å²) in [6, 6.07) is 10.2. The van der Waals surface area contributed by atoms with Gasteiger partial charge in [-0.25, -0.2) is 9.82 Å². The van der Waals surface area contributed by atoms with Crippen LogP contribution in [-0.2, 0) is 0 Å². The molecule has 0 saturated heterocycles. The quantitative estimate of drug-likeness (QED) is 0.664. The molecular weight excluding hydrogens is 263 g/mol. The fourth-order valence-corrected chi connectivity index (χ4v) is 2.40. The number of rotatable bonds is 3. The van der Waals surface area contributed by atoms with Gasteiger partial charge in [-0.3, -0.25) is 5.84 Å². The molecule has 0 spiro atoms. The number of aryl methyl sites for hydroxylation is 2. The number of hydrogen-bond donors (Lipinski definition) is 2. The van der Waals surface area contributed by atoms with Crippen LogP contribution in [0.3, 0.4) is 0 Å². The maximum Gasteiger partial charge on any atom is 0.123 e. The topological polar surface area (TPSA) is 38.0 Å². The van der Waals surface area contributed by atoms with Crippen molar-refractivity contribution in [2.45, 2.75) is 19.9 Å². The van der Waals surface area contributed by atoms with Crippen LogP contribution in [0.2, 0.25) is 5.02 Å². The standard InChI is InChI=1S/C15H16ClFN2/c1-9-5-11(7-13(17)6-9)15(19-18)14-8-12(16)4-3-10(14)2/h3-8,15,19H,18H2,1-2H3. The van der Waals surface area contributed by atoms with Crippen molar-refractivity contribution in [1.82, 2.24) is 5.43 Å². The molecule has 0 saturated carbocycles. The van der Waals surface area contributed by atoms with E-state index >= 15 is 0 Å².